The van der Waals surface area contributed by atoms with Crippen molar-refractivity contribution < 1.29 is 19.8 Å². The highest BCUT2D eigenvalue weighted by Gasteiger charge is 2.20. The lowest BCUT2D eigenvalue weighted by Gasteiger charge is -2.33. The van der Waals surface area contributed by atoms with Crippen molar-refractivity contribution in [3.05, 3.63) is 59.2 Å². The van der Waals surface area contributed by atoms with Crippen LogP contribution in [0.3, 0.4) is 0 Å². The van der Waals surface area contributed by atoms with Crippen molar-refractivity contribution in [2.75, 3.05) is 65.4 Å². The maximum Gasteiger partial charge on any atom is 0.317 e. The van der Waals surface area contributed by atoms with Gasteiger partial charge in [0.05, 0.1) is 24.5 Å². The fraction of sp³-hybridized carbons (Fsp3) is 0.538. The van der Waals surface area contributed by atoms with Crippen molar-refractivity contribution in [3.8, 4) is 0 Å². The lowest BCUT2D eigenvalue weighted by atomic mass is 10.2. The summed E-state index contributed by atoms with van der Waals surface area (Å²) in [5, 5.41) is 19.0. The molecule has 1 aliphatic heterocycles. The van der Waals surface area contributed by atoms with Crippen molar-refractivity contribution in [1.29, 1.82) is 0 Å². The maximum absolute atomic E-state index is 11.6. The zero-order valence-corrected chi connectivity index (χ0v) is 21.3. The molecule has 0 unspecified atom stereocenters. The molecule has 1 saturated heterocycles. The molecule has 2 aromatic rings. The minimum atomic E-state index is -0.839. The van der Waals surface area contributed by atoms with Gasteiger partial charge in [-0.05, 0) is 38.1 Å². The summed E-state index contributed by atoms with van der Waals surface area (Å²) in [6.45, 7) is 10.3. The average molecular weight is 499 g/mol. The normalized spacial score (nSPS) is 17.8. The van der Waals surface area contributed by atoms with Gasteiger partial charge in [-0.25, -0.2) is 0 Å². The smallest absolute Gasteiger partial charge is 0.317 e. The van der Waals surface area contributed by atoms with Gasteiger partial charge in [0.25, 0.3) is 0 Å². The van der Waals surface area contributed by atoms with E-state index in [-0.39, 0.29) is 13.1 Å². The summed E-state index contributed by atoms with van der Waals surface area (Å²) >= 11 is 0. The predicted octanol–water partition coefficient (Wildman–Crippen LogP) is 1.18. The Morgan fingerprint density at radius 1 is 0.639 bits per heavy atom. The van der Waals surface area contributed by atoms with Gasteiger partial charge in [0.15, 0.2) is 0 Å². The predicted molar refractivity (Wildman–Crippen MR) is 137 cm³/mol. The highest BCUT2D eigenvalue weighted by molar-refractivity contribution is 5.69. The third-order valence-corrected chi connectivity index (χ3v) is 6.31. The van der Waals surface area contributed by atoms with Crippen molar-refractivity contribution >= 4 is 11.9 Å². The summed E-state index contributed by atoms with van der Waals surface area (Å²) in [4.78, 5) is 40.8. The molecule has 0 amide bonds. The monoisotopic (exact) mass is 498 g/mol. The number of nitrogens with zero attached hydrogens (tertiary/aromatic N) is 6. The molecule has 36 heavy (non-hydrogen) atoms. The van der Waals surface area contributed by atoms with Crippen LogP contribution in [0.15, 0.2) is 36.4 Å². The van der Waals surface area contributed by atoms with Gasteiger partial charge >= 0.3 is 11.9 Å². The number of pyridine rings is 2. The molecular formula is C26H38N6O4. The number of carbonyl (C=O) groups is 2. The van der Waals surface area contributed by atoms with Crippen LogP contribution in [0.4, 0.5) is 0 Å². The van der Waals surface area contributed by atoms with E-state index in [0.29, 0.717) is 65.4 Å². The molecule has 10 heteroatoms. The number of hydrogen-bond acceptors (Lipinski definition) is 8. The fourth-order valence-corrected chi connectivity index (χ4v) is 4.43. The Kier molecular flexibility index (Phi) is 10.7. The van der Waals surface area contributed by atoms with Gasteiger partial charge in [-0.2, -0.15) is 0 Å². The standard InChI is InChI=1S/C26H38N6O4/c1-21-5-3-7-23(27-21)17-29-9-13-31(19-25(33)34)15-11-30(18-24-8-4-6-22(2)28-24)12-16-32(14-10-29)20-26(35)36/h3-8H,9-20H2,1-2H3,(H,33,34)(H,35,36). The molecule has 0 bridgehead atoms. The molecule has 0 aliphatic carbocycles. The number of hydrogen-bond donors (Lipinski definition) is 2. The summed E-state index contributed by atoms with van der Waals surface area (Å²) in [6, 6.07) is 11.9. The van der Waals surface area contributed by atoms with E-state index in [1.807, 2.05) is 60.0 Å². The topological polar surface area (TPSA) is 113 Å². The second-order valence-corrected chi connectivity index (χ2v) is 9.43. The van der Waals surface area contributed by atoms with Gasteiger partial charge in [-0.3, -0.25) is 39.2 Å². The number of rotatable bonds is 8. The second-order valence-electron chi connectivity index (χ2n) is 9.43. The highest BCUT2D eigenvalue weighted by atomic mass is 16.4. The maximum atomic E-state index is 11.6. The van der Waals surface area contributed by atoms with Gasteiger partial charge in [-0.1, -0.05) is 12.1 Å². The van der Waals surface area contributed by atoms with Crippen LogP contribution in [-0.2, 0) is 22.7 Å². The molecule has 3 rings (SSSR count). The van der Waals surface area contributed by atoms with Crippen LogP contribution in [0, 0.1) is 13.8 Å². The van der Waals surface area contributed by atoms with Gasteiger partial charge in [0.1, 0.15) is 0 Å². The first-order valence-electron chi connectivity index (χ1n) is 12.4. The first kappa shape index (κ1) is 27.7. The summed E-state index contributed by atoms with van der Waals surface area (Å²) in [5.74, 6) is -1.68. The number of carboxylic acid groups (broad SMARTS) is 2. The number of aromatic nitrogens is 2. The van der Waals surface area contributed by atoms with Crippen molar-refractivity contribution in [1.82, 2.24) is 29.6 Å². The van der Waals surface area contributed by atoms with Crippen molar-refractivity contribution in [3.63, 3.8) is 0 Å². The minimum absolute atomic E-state index is 0.0157. The Balaban J connectivity index is 1.75. The zero-order valence-electron chi connectivity index (χ0n) is 21.3. The van der Waals surface area contributed by atoms with Crippen LogP contribution in [0.25, 0.3) is 0 Å². The first-order valence-corrected chi connectivity index (χ1v) is 12.4. The Morgan fingerprint density at radius 2 is 0.972 bits per heavy atom. The number of aryl methyl sites for hydroxylation is 2. The first-order chi connectivity index (χ1) is 17.3. The molecule has 10 nitrogen and oxygen atoms in total. The molecule has 0 saturated carbocycles. The van der Waals surface area contributed by atoms with E-state index in [1.165, 1.54) is 0 Å². The van der Waals surface area contributed by atoms with Gasteiger partial charge in [0.2, 0.25) is 0 Å². The molecule has 196 valence electrons. The Bertz CT molecular complexity index is 908. The van der Waals surface area contributed by atoms with Crippen LogP contribution in [0.2, 0.25) is 0 Å². The third kappa shape index (κ3) is 9.98. The van der Waals surface area contributed by atoms with Gasteiger partial charge < -0.3 is 10.2 Å². The number of carboxylic acids is 2. The van der Waals surface area contributed by atoms with E-state index < -0.39 is 11.9 Å². The molecule has 0 radical (unpaired) electrons. The molecule has 1 aliphatic rings. The van der Waals surface area contributed by atoms with Gasteiger partial charge in [-0.15, -0.1) is 0 Å². The van der Waals surface area contributed by atoms with Crippen LogP contribution < -0.4 is 0 Å². The minimum Gasteiger partial charge on any atom is -0.480 e. The highest BCUT2D eigenvalue weighted by Crippen LogP contribution is 2.08. The van der Waals surface area contributed by atoms with Crippen LogP contribution >= 0.6 is 0 Å². The molecule has 3 heterocycles. The third-order valence-electron chi connectivity index (χ3n) is 6.31. The molecule has 0 atom stereocenters. The Labute approximate surface area is 213 Å². The van der Waals surface area contributed by atoms with Crippen LogP contribution in [-0.4, -0.2) is 117 Å². The number of aliphatic carboxylic acids is 2. The molecule has 1 fully saturated rings. The van der Waals surface area contributed by atoms with Crippen molar-refractivity contribution in [2.45, 2.75) is 26.9 Å². The molecule has 2 aromatic heterocycles. The quantitative estimate of drug-likeness (QED) is 0.550. The largest absolute Gasteiger partial charge is 0.480 e. The van der Waals surface area contributed by atoms with Crippen molar-refractivity contribution in [2.24, 2.45) is 0 Å². The van der Waals surface area contributed by atoms with E-state index in [1.54, 1.807) is 0 Å². The lowest BCUT2D eigenvalue weighted by molar-refractivity contribution is -0.139. The molecular weight excluding hydrogens is 460 g/mol. The molecule has 2 N–H and O–H groups in total. The summed E-state index contributed by atoms with van der Waals surface area (Å²) < 4.78 is 0. The second kappa shape index (κ2) is 14.0. The van der Waals surface area contributed by atoms with E-state index in [9.17, 15) is 19.8 Å². The summed E-state index contributed by atoms with van der Waals surface area (Å²) in [7, 11) is 0. The molecule has 0 aromatic carbocycles. The average Bonchev–Trinajstić information content (AvgIpc) is 2.80. The van der Waals surface area contributed by atoms with Crippen LogP contribution in [0.1, 0.15) is 22.8 Å². The summed E-state index contributed by atoms with van der Waals surface area (Å²) in [5.41, 5.74) is 3.80. The summed E-state index contributed by atoms with van der Waals surface area (Å²) in [6.07, 6.45) is 0. The Hall–Kier alpha value is -2.92. The van der Waals surface area contributed by atoms with Gasteiger partial charge in [0, 0.05) is 76.8 Å². The zero-order chi connectivity index (χ0) is 25.9. The van der Waals surface area contributed by atoms with E-state index in [2.05, 4.69) is 19.8 Å². The van der Waals surface area contributed by atoms with E-state index in [4.69, 9.17) is 0 Å². The SMILES string of the molecule is Cc1cccc(CN2CCN(CC(=O)O)CCN(Cc3cccc(C)n3)CCN(CC(=O)O)CC2)n1. The van der Waals surface area contributed by atoms with E-state index >= 15 is 0 Å². The molecule has 0 spiro atoms. The van der Waals surface area contributed by atoms with Crippen LogP contribution in [0.5, 0.6) is 0 Å². The lowest BCUT2D eigenvalue weighted by Crippen LogP contribution is -2.47. The fourth-order valence-electron chi connectivity index (χ4n) is 4.43. The Morgan fingerprint density at radius 3 is 1.28 bits per heavy atom. The van der Waals surface area contributed by atoms with E-state index in [0.717, 1.165) is 22.8 Å².